The van der Waals surface area contributed by atoms with Crippen LogP contribution < -0.4 is 9.47 Å². The Morgan fingerprint density at radius 3 is 2.65 bits per heavy atom. The van der Waals surface area contributed by atoms with Crippen LogP contribution in [0.15, 0.2) is 24.5 Å². The standard InChI is InChI=1S/C15H20N4O4/c1-3-21-13-6-5-12(9-14(13)22-4-2)10-23-15(20)7-8-19-11-16-17-18-19/h5-6,9,11H,3-4,7-8,10H2,1-2H3. The van der Waals surface area contributed by atoms with Gasteiger partial charge < -0.3 is 14.2 Å². The van der Waals surface area contributed by atoms with Crippen molar-refractivity contribution in [1.29, 1.82) is 0 Å². The first-order chi connectivity index (χ1) is 11.2. The number of carbonyl (C=O) groups is 1. The summed E-state index contributed by atoms with van der Waals surface area (Å²) in [5, 5.41) is 10.7. The van der Waals surface area contributed by atoms with E-state index in [1.165, 1.54) is 11.0 Å². The summed E-state index contributed by atoms with van der Waals surface area (Å²) in [4.78, 5) is 11.7. The van der Waals surface area contributed by atoms with E-state index in [2.05, 4.69) is 15.5 Å². The number of hydrogen-bond donors (Lipinski definition) is 0. The van der Waals surface area contributed by atoms with E-state index in [0.29, 0.717) is 31.3 Å². The third kappa shape index (κ3) is 5.24. The molecule has 2 rings (SSSR count). The van der Waals surface area contributed by atoms with Crippen LogP contribution in [0.2, 0.25) is 0 Å². The van der Waals surface area contributed by atoms with E-state index in [1.54, 1.807) is 0 Å². The fourth-order valence-electron chi connectivity index (χ4n) is 1.91. The van der Waals surface area contributed by atoms with Crippen molar-refractivity contribution in [2.75, 3.05) is 13.2 Å². The van der Waals surface area contributed by atoms with E-state index in [0.717, 1.165) is 5.56 Å². The van der Waals surface area contributed by atoms with E-state index < -0.39 is 0 Å². The van der Waals surface area contributed by atoms with Crippen molar-refractivity contribution >= 4 is 5.97 Å². The van der Waals surface area contributed by atoms with Crippen LogP contribution in [0.1, 0.15) is 25.8 Å². The Hall–Kier alpha value is -2.64. The predicted molar refractivity (Wildman–Crippen MR) is 81.0 cm³/mol. The SMILES string of the molecule is CCOc1ccc(COC(=O)CCn2cnnn2)cc1OCC. The van der Waals surface area contributed by atoms with Crippen LogP contribution in [0.4, 0.5) is 0 Å². The highest BCUT2D eigenvalue weighted by molar-refractivity contribution is 5.69. The van der Waals surface area contributed by atoms with Crippen LogP contribution in [-0.2, 0) is 22.7 Å². The minimum absolute atomic E-state index is 0.181. The van der Waals surface area contributed by atoms with Gasteiger partial charge >= 0.3 is 5.97 Å². The summed E-state index contributed by atoms with van der Waals surface area (Å²) >= 11 is 0. The lowest BCUT2D eigenvalue weighted by Gasteiger charge is -2.12. The Labute approximate surface area is 134 Å². The molecule has 0 N–H and O–H groups in total. The van der Waals surface area contributed by atoms with Gasteiger partial charge in [-0.3, -0.25) is 4.79 Å². The molecule has 23 heavy (non-hydrogen) atoms. The highest BCUT2D eigenvalue weighted by atomic mass is 16.5. The Balaban J connectivity index is 1.86. The molecule has 0 radical (unpaired) electrons. The molecule has 0 amide bonds. The first-order valence-corrected chi connectivity index (χ1v) is 7.47. The third-order valence-corrected chi connectivity index (χ3v) is 2.94. The zero-order valence-corrected chi connectivity index (χ0v) is 13.3. The monoisotopic (exact) mass is 320 g/mol. The molecule has 0 atom stereocenters. The number of esters is 1. The third-order valence-electron chi connectivity index (χ3n) is 2.94. The molecule has 0 fully saturated rings. The number of carbonyl (C=O) groups excluding carboxylic acids is 1. The van der Waals surface area contributed by atoms with Gasteiger partial charge in [-0.05, 0) is 42.0 Å². The molecule has 1 heterocycles. The van der Waals surface area contributed by atoms with Crippen molar-refractivity contribution in [1.82, 2.24) is 20.2 Å². The fraction of sp³-hybridized carbons (Fsp3) is 0.467. The number of aryl methyl sites for hydroxylation is 1. The van der Waals surface area contributed by atoms with E-state index in [-0.39, 0.29) is 19.0 Å². The van der Waals surface area contributed by atoms with Gasteiger partial charge in [0.2, 0.25) is 0 Å². The summed E-state index contributed by atoms with van der Waals surface area (Å²) < 4.78 is 17.8. The molecule has 0 aliphatic rings. The van der Waals surface area contributed by atoms with Crippen molar-refractivity contribution in [3.63, 3.8) is 0 Å². The lowest BCUT2D eigenvalue weighted by atomic mass is 10.2. The molecule has 0 saturated heterocycles. The van der Waals surface area contributed by atoms with Gasteiger partial charge in [0.15, 0.2) is 11.5 Å². The van der Waals surface area contributed by atoms with Crippen LogP contribution in [0.25, 0.3) is 0 Å². The lowest BCUT2D eigenvalue weighted by Crippen LogP contribution is -2.10. The molecular weight excluding hydrogens is 300 g/mol. The zero-order valence-electron chi connectivity index (χ0n) is 13.3. The molecule has 8 heteroatoms. The molecule has 0 spiro atoms. The van der Waals surface area contributed by atoms with Crippen LogP contribution in [0.3, 0.4) is 0 Å². The molecule has 0 bridgehead atoms. The highest BCUT2D eigenvalue weighted by Crippen LogP contribution is 2.28. The number of hydrogen-bond acceptors (Lipinski definition) is 7. The predicted octanol–water partition coefficient (Wildman–Crippen LogP) is 1.60. The number of nitrogens with zero attached hydrogens (tertiary/aromatic N) is 4. The molecule has 0 unspecified atom stereocenters. The van der Waals surface area contributed by atoms with E-state index >= 15 is 0 Å². The van der Waals surface area contributed by atoms with Crippen molar-refractivity contribution in [2.45, 2.75) is 33.4 Å². The summed E-state index contributed by atoms with van der Waals surface area (Å²) in [6.07, 6.45) is 1.66. The van der Waals surface area contributed by atoms with E-state index in [9.17, 15) is 4.79 Å². The van der Waals surface area contributed by atoms with Crippen molar-refractivity contribution in [3.8, 4) is 11.5 Å². The van der Waals surface area contributed by atoms with Gasteiger partial charge in [0.1, 0.15) is 12.9 Å². The van der Waals surface area contributed by atoms with Gasteiger partial charge in [-0.25, -0.2) is 4.68 Å². The molecule has 124 valence electrons. The number of aromatic nitrogens is 4. The first-order valence-electron chi connectivity index (χ1n) is 7.47. The molecule has 0 aliphatic heterocycles. The molecule has 2 aromatic rings. The second-order valence-electron chi connectivity index (χ2n) is 4.63. The topological polar surface area (TPSA) is 88.4 Å². The second kappa shape index (κ2) is 8.72. The van der Waals surface area contributed by atoms with E-state index in [1.807, 2.05) is 32.0 Å². The first kappa shape index (κ1) is 16.7. The van der Waals surface area contributed by atoms with E-state index in [4.69, 9.17) is 14.2 Å². The number of ether oxygens (including phenoxy) is 3. The summed E-state index contributed by atoms with van der Waals surface area (Å²) in [6, 6.07) is 5.49. The van der Waals surface area contributed by atoms with Crippen molar-refractivity contribution in [2.24, 2.45) is 0 Å². The summed E-state index contributed by atoms with van der Waals surface area (Å²) in [7, 11) is 0. The maximum atomic E-state index is 11.7. The lowest BCUT2D eigenvalue weighted by molar-refractivity contribution is -0.145. The van der Waals surface area contributed by atoms with Crippen molar-refractivity contribution < 1.29 is 19.0 Å². The number of benzene rings is 1. The fourth-order valence-corrected chi connectivity index (χ4v) is 1.91. The van der Waals surface area contributed by atoms with Crippen LogP contribution in [0, 0.1) is 0 Å². The minimum Gasteiger partial charge on any atom is -0.490 e. The van der Waals surface area contributed by atoms with Crippen LogP contribution in [-0.4, -0.2) is 39.4 Å². The highest BCUT2D eigenvalue weighted by Gasteiger charge is 2.09. The van der Waals surface area contributed by atoms with Gasteiger partial charge in [-0.15, -0.1) is 5.10 Å². The molecule has 0 aliphatic carbocycles. The maximum absolute atomic E-state index is 11.7. The molecule has 0 saturated carbocycles. The zero-order chi connectivity index (χ0) is 16.5. The number of rotatable bonds is 9. The minimum atomic E-state index is -0.313. The average Bonchev–Trinajstić information content (AvgIpc) is 3.07. The van der Waals surface area contributed by atoms with Gasteiger partial charge in [0.05, 0.1) is 26.2 Å². The summed E-state index contributed by atoms with van der Waals surface area (Å²) in [6.45, 7) is 5.48. The summed E-state index contributed by atoms with van der Waals surface area (Å²) in [5.41, 5.74) is 0.840. The molecular formula is C15H20N4O4. The smallest absolute Gasteiger partial charge is 0.308 e. The quantitative estimate of drug-likeness (QED) is 0.648. The molecule has 1 aromatic heterocycles. The van der Waals surface area contributed by atoms with Gasteiger partial charge in [0, 0.05) is 0 Å². The van der Waals surface area contributed by atoms with Crippen LogP contribution >= 0.6 is 0 Å². The van der Waals surface area contributed by atoms with Gasteiger partial charge in [0.25, 0.3) is 0 Å². The van der Waals surface area contributed by atoms with Crippen LogP contribution in [0.5, 0.6) is 11.5 Å². The van der Waals surface area contributed by atoms with Gasteiger partial charge in [-0.1, -0.05) is 6.07 Å². The second-order valence-corrected chi connectivity index (χ2v) is 4.63. The molecule has 8 nitrogen and oxygen atoms in total. The average molecular weight is 320 g/mol. The maximum Gasteiger partial charge on any atom is 0.308 e. The molecule has 1 aromatic carbocycles. The van der Waals surface area contributed by atoms with Crippen molar-refractivity contribution in [3.05, 3.63) is 30.1 Å². The van der Waals surface area contributed by atoms with Gasteiger partial charge in [-0.2, -0.15) is 0 Å². The Kier molecular flexibility index (Phi) is 6.34. The largest absolute Gasteiger partial charge is 0.490 e. The Morgan fingerprint density at radius 1 is 1.17 bits per heavy atom. The summed E-state index contributed by atoms with van der Waals surface area (Å²) in [5.74, 6) is 1.02. The number of tetrazole rings is 1. The Morgan fingerprint density at radius 2 is 1.96 bits per heavy atom. The normalized spacial score (nSPS) is 10.3. The Bertz CT molecular complexity index is 616.